The Morgan fingerprint density at radius 3 is 2.58 bits per heavy atom. The Labute approximate surface area is 186 Å². The monoisotopic (exact) mass is 458 g/mol. The Morgan fingerprint density at radius 2 is 1.87 bits per heavy atom. The first-order chi connectivity index (χ1) is 14.9. The summed E-state index contributed by atoms with van der Waals surface area (Å²) in [6, 6.07) is 17.2. The van der Waals surface area contributed by atoms with Gasteiger partial charge in [0.15, 0.2) is 0 Å². The number of carbonyl (C=O) groups is 1. The number of sulfonamides is 1. The van der Waals surface area contributed by atoms with E-state index in [1.807, 2.05) is 29.2 Å². The molecule has 1 atom stereocenters. The Morgan fingerprint density at radius 1 is 1.10 bits per heavy atom. The molecule has 1 aliphatic heterocycles. The molecular weight excluding hydrogens is 436 g/mol. The molecule has 1 amide bonds. The molecule has 1 fully saturated rings. The predicted octanol–water partition coefficient (Wildman–Crippen LogP) is 4.26. The minimum Gasteiger partial charge on any atom is -0.468 e. The first-order valence-electron chi connectivity index (χ1n) is 10.1. The van der Waals surface area contributed by atoms with E-state index in [1.54, 1.807) is 24.3 Å². The molecule has 8 heteroatoms. The van der Waals surface area contributed by atoms with Crippen LogP contribution in [-0.4, -0.2) is 31.8 Å². The molecule has 2 aromatic carbocycles. The lowest BCUT2D eigenvalue weighted by molar-refractivity contribution is 0.0736. The molecule has 162 valence electrons. The summed E-state index contributed by atoms with van der Waals surface area (Å²) >= 11 is 6.29. The van der Waals surface area contributed by atoms with Gasteiger partial charge in [-0.3, -0.25) is 4.79 Å². The van der Waals surface area contributed by atoms with E-state index < -0.39 is 10.0 Å². The summed E-state index contributed by atoms with van der Waals surface area (Å²) in [7, 11) is -3.70. The zero-order valence-corrected chi connectivity index (χ0v) is 18.4. The lowest BCUT2D eigenvalue weighted by Crippen LogP contribution is -2.36. The number of rotatable bonds is 7. The van der Waals surface area contributed by atoms with E-state index in [-0.39, 0.29) is 23.4 Å². The Bertz CT molecular complexity index is 1140. The highest BCUT2D eigenvalue weighted by Crippen LogP contribution is 2.26. The van der Waals surface area contributed by atoms with Gasteiger partial charge in [-0.1, -0.05) is 29.8 Å². The van der Waals surface area contributed by atoms with Gasteiger partial charge in [-0.2, -0.15) is 0 Å². The SMILES string of the molecule is O=C(c1ccc(S(=O)(=O)NCc2ccco2)cc1)N1CCCC1Cc1ccccc1Cl. The molecule has 31 heavy (non-hydrogen) atoms. The van der Waals surface area contributed by atoms with Crippen LogP contribution in [0.25, 0.3) is 0 Å². The van der Waals surface area contributed by atoms with Gasteiger partial charge in [0.1, 0.15) is 5.76 Å². The van der Waals surface area contributed by atoms with E-state index in [1.165, 1.54) is 18.4 Å². The second-order valence-electron chi connectivity index (χ2n) is 7.52. The lowest BCUT2D eigenvalue weighted by atomic mass is 10.0. The summed E-state index contributed by atoms with van der Waals surface area (Å²) in [6.45, 7) is 0.742. The highest BCUT2D eigenvalue weighted by Gasteiger charge is 2.30. The second-order valence-corrected chi connectivity index (χ2v) is 9.69. The van der Waals surface area contributed by atoms with E-state index >= 15 is 0 Å². The van der Waals surface area contributed by atoms with Crippen molar-refractivity contribution in [1.29, 1.82) is 0 Å². The van der Waals surface area contributed by atoms with Crippen molar-refractivity contribution in [2.75, 3.05) is 6.54 Å². The van der Waals surface area contributed by atoms with E-state index in [9.17, 15) is 13.2 Å². The van der Waals surface area contributed by atoms with Crippen LogP contribution >= 0.6 is 11.6 Å². The highest BCUT2D eigenvalue weighted by atomic mass is 35.5. The van der Waals surface area contributed by atoms with Crippen LogP contribution < -0.4 is 4.72 Å². The largest absolute Gasteiger partial charge is 0.468 e. The minimum atomic E-state index is -3.70. The van der Waals surface area contributed by atoms with Crippen LogP contribution in [0.2, 0.25) is 5.02 Å². The molecule has 3 aromatic rings. The highest BCUT2D eigenvalue weighted by molar-refractivity contribution is 7.89. The number of amides is 1. The third-order valence-electron chi connectivity index (χ3n) is 5.48. The molecule has 1 saturated heterocycles. The molecule has 1 N–H and O–H groups in total. The van der Waals surface area contributed by atoms with Crippen molar-refractivity contribution in [2.45, 2.75) is 36.7 Å². The number of furan rings is 1. The topological polar surface area (TPSA) is 79.6 Å². The van der Waals surface area contributed by atoms with E-state index in [4.69, 9.17) is 16.0 Å². The zero-order chi connectivity index (χ0) is 21.8. The summed E-state index contributed by atoms with van der Waals surface area (Å²) in [5.74, 6) is 0.427. The van der Waals surface area contributed by atoms with Crippen molar-refractivity contribution in [1.82, 2.24) is 9.62 Å². The summed E-state index contributed by atoms with van der Waals surface area (Å²) in [6.07, 6.45) is 4.04. The van der Waals surface area contributed by atoms with Crippen molar-refractivity contribution in [3.8, 4) is 0 Å². The quantitative estimate of drug-likeness (QED) is 0.573. The van der Waals surface area contributed by atoms with Gasteiger partial charge in [0.2, 0.25) is 10.0 Å². The van der Waals surface area contributed by atoms with Gasteiger partial charge in [0.05, 0.1) is 17.7 Å². The smallest absolute Gasteiger partial charge is 0.254 e. The molecule has 0 bridgehead atoms. The van der Waals surface area contributed by atoms with Crippen molar-refractivity contribution < 1.29 is 17.6 Å². The summed E-state index contributed by atoms with van der Waals surface area (Å²) in [5, 5.41) is 0.707. The molecular formula is C23H23ClN2O4S. The van der Waals surface area contributed by atoms with Crippen LogP contribution in [0, 0.1) is 0 Å². The maximum Gasteiger partial charge on any atom is 0.254 e. The van der Waals surface area contributed by atoms with E-state index in [2.05, 4.69) is 4.72 Å². The first-order valence-corrected chi connectivity index (χ1v) is 12.0. The average molecular weight is 459 g/mol. The number of carbonyl (C=O) groups excluding carboxylic acids is 1. The molecule has 0 saturated carbocycles. The number of likely N-dealkylation sites (tertiary alicyclic amines) is 1. The fourth-order valence-electron chi connectivity index (χ4n) is 3.84. The maximum atomic E-state index is 13.1. The molecule has 1 aromatic heterocycles. The molecule has 2 heterocycles. The van der Waals surface area contributed by atoms with Gasteiger partial charge in [-0.15, -0.1) is 0 Å². The number of hydrogen-bond donors (Lipinski definition) is 1. The average Bonchev–Trinajstić information content (AvgIpc) is 3.46. The van der Waals surface area contributed by atoms with Crippen molar-refractivity contribution in [2.24, 2.45) is 0 Å². The number of benzene rings is 2. The third-order valence-corrected chi connectivity index (χ3v) is 7.27. The molecule has 6 nitrogen and oxygen atoms in total. The Balaban J connectivity index is 1.44. The van der Waals surface area contributed by atoms with E-state index in [0.717, 1.165) is 18.4 Å². The predicted molar refractivity (Wildman–Crippen MR) is 118 cm³/mol. The van der Waals surface area contributed by atoms with Gasteiger partial charge in [0.25, 0.3) is 5.91 Å². The lowest BCUT2D eigenvalue weighted by Gasteiger charge is -2.25. The molecule has 1 aliphatic rings. The number of nitrogens with zero attached hydrogens (tertiary/aromatic N) is 1. The van der Waals surface area contributed by atoms with Crippen molar-refractivity contribution in [3.05, 3.63) is 88.8 Å². The Hall–Kier alpha value is -2.61. The van der Waals surface area contributed by atoms with Gasteiger partial charge < -0.3 is 9.32 Å². The standard InChI is InChI=1S/C23H23ClN2O4S/c24-22-8-2-1-5-18(22)15-19-6-3-13-26(19)23(27)17-9-11-21(12-10-17)31(28,29)25-16-20-7-4-14-30-20/h1-2,4-5,7-12,14,19,25H,3,6,13,15-16H2. The van der Waals surface area contributed by atoms with Crippen LogP contribution in [0.5, 0.6) is 0 Å². The van der Waals surface area contributed by atoms with Crippen molar-refractivity contribution in [3.63, 3.8) is 0 Å². The van der Waals surface area contributed by atoms with Crippen LogP contribution in [0.1, 0.15) is 34.5 Å². The normalized spacial score (nSPS) is 16.5. The van der Waals surface area contributed by atoms with Crippen LogP contribution in [0.4, 0.5) is 0 Å². The first kappa shape index (κ1) is 21.6. The molecule has 0 radical (unpaired) electrons. The fraction of sp³-hybridized carbons (Fsp3) is 0.261. The molecule has 0 aliphatic carbocycles. The molecule has 1 unspecified atom stereocenters. The summed E-state index contributed by atoms with van der Waals surface area (Å²) in [5.41, 5.74) is 1.49. The maximum absolute atomic E-state index is 13.1. The number of halogens is 1. The van der Waals surface area contributed by atoms with Crippen molar-refractivity contribution >= 4 is 27.5 Å². The van der Waals surface area contributed by atoms with Crippen LogP contribution in [0.15, 0.2) is 76.2 Å². The zero-order valence-electron chi connectivity index (χ0n) is 16.8. The van der Waals surface area contributed by atoms with Crippen LogP contribution in [0.3, 0.4) is 0 Å². The Kier molecular flexibility index (Phi) is 6.46. The number of nitrogens with one attached hydrogen (secondary N) is 1. The van der Waals surface area contributed by atoms with Gasteiger partial charge in [0, 0.05) is 23.2 Å². The second kappa shape index (κ2) is 9.26. The molecule has 0 spiro atoms. The van der Waals surface area contributed by atoms with E-state index in [0.29, 0.717) is 29.3 Å². The van der Waals surface area contributed by atoms with Gasteiger partial charge >= 0.3 is 0 Å². The third kappa shape index (κ3) is 5.01. The fourth-order valence-corrected chi connectivity index (χ4v) is 5.04. The number of hydrogen-bond acceptors (Lipinski definition) is 4. The van der Waals surface area contributed by atoms with Gasteiger partial charge in [-0.05, 0) is 67.3 Å². The summed E-state index contributed by atoms with van der Waals surface area (Å²) < 4.78 is 32.6. The summed E-state index contributed by atoms with van der Waals surface area (Å²) in [4.78, 5) is 15.1. The minimum absolute atomic E-state index is 0.0630. The van der Waals surface area contributed by atoms with Crippen LogP contribution in [-0.2, 0) is 23.0 Å². The van der Waals surface area contributed by atoms with Gasteiger partial charge in [-0.25, -0.2) is 13.1 Å². The molecule has 4 rings (SSSR count).